The minimum absolute atomic E-state index is 0.339. The Morgan fingerprint density at radius 2 is 1.92 bits per heavy atom. The molecular formula is C17H24ClN5O2. The van der Waals surface area contributed by atoms with Crippen LogP contribution in [-0.2, 0) is 20.6 Å². The fraction of sp³-hybridized carbons (Fsp3) is 0.588. The van der Waals surface area contributed by atoms with Crippen molar-refractivity contribution >= 4 is 28.7 Å². The number of nitrogens with zero attached hydrogens (tertiary/aromatic N) is 4. The number of anilines is 1. The summed E-state index contributed by atoms with van der Waals surface area (Å²) < 4.78 is 4.34. The normalized spacial score (nSPS) is 16.6. The molecule has 1 aliphatic carbocycles. The third-order valence-corrected chi connectivity index (χ3v) is 5.00. The topological polar surface area (TPSA) is 73.8 Å². The van der Waals surface area contributed by atoms with Gasteiger partial charge in [-0.1, -0.05) is 36.9 Å². The van der Waals surface area contributed by atoms with Gasteiger partial charge in [-0.3, -0.25) is 13.9 Å². The number of halogens is 1. The molecule has 0 unspecified atom stereocenters. The monoisotopic (exact) mass is 365 g/mol. The number of aromatic nitrogens is 4. The Hall–Kier alpha value is -2.02. The van der Waals surface area contributed by atoms with Crippen LogP contribution in [0.5, 0.6) is 0 Å². The molecule has 2 heterocycles. The second-order valence-corrected chi connectivity index (χ2v) is 7.29. The molecule has 0 radical (unpaired) electrons. The van der Waals surface area contributed by atoms with Crippen LogP contribution >= 0.6 is 11.6 Å². The van der Waals surface area contributed by atoms with Gasteiger partial charge in [0, 0.05) is 31.7 Å². The van der Waals surface area contributed by atoms with E-state index in [4.69, 9.17) is 11.6 Å². The van der Waals surface area contributed by atoms with E-state index < -0.39 is 0 Å². The van der Waals surface area contributed by atoms with E-state index in [1.54, 1.807) is 14.0 Å². The Labute approximate surface area is 150 Å². The summed E-state index contributed by atoms with van der Waals surface area (Å²) in [6.07, 6.45) is 7.66. The summed E-state index contributed by atoms with van der Waals surface area (Å²) in [7, 11) is 3.12. The molecule has 136 valence electrons. The van der Waals surface area contributed by atoms with Crippen LogP contribution in [0.15, 0.2) is 20.7 Å². The van der Waals surface area contributed by atoms with Gasteiger partial charge >= 0.3 is 5.69 Å². The first-order valence-corrected chi connectivity index (χ1v) is 9.03. The first kappa shape index (κ1) is 17.8. The van der Waals surface area contributed by atoms with Crippen molar-refractivity contribution in [3.8, 4) is 0 Å². The summed E-state index contributed by atoms with van der Waals surface area (Å²) in [4.78, 5) is 29.5. The van der Waals surface area contributed by atoms with Gasteiger partial charge in [-0.05, 0) is 19.8 Å². The highest BCUT2D eigenvalue weighted by Gasteiger charge is 2.21. The summed E-state index contributed by atoms with van der Waals surface area (Å²) >= 11 is 5.99. The Morgan fingerprint density at radius 3 is 2.56 bits per heavy atom. The van der Waals surface area contributed by atoms with Crippen LogP contribution in [0.2, 0.25) is 0 Å². The van der Waals surface area contributed by atoms with E-state index in [9.17, 15) is 9.59 Å². The van der Waals surface area contributed by atoms with Gasteiger partial charge in [0.15, 0.2) is 11.2 Å². The molecule has 1 saturated carbocycles. The fourth-order valence-corrected chi connectivity index (χ4v) is 3.45. The predicted molar refractivity (Wildman–Crippen MR) is 100 cm³/mol. The van der Waals surface area contributed by atoms with E-state index in [2.05, 4.69) is 10.3 Å². The van der Waals surface area contributed by atoms with E-state index in [1.807, 2.05) is 10.6 Å². The number of aryl methyl sites for hydroxylation is 1. The largest absolute Gasteiger partial charge is 0.353 e. The molecule has 0 aromatic carbocycles. The lowest BCUT2D eigenvalue weighted by Crippen LogP contribution is -2.37. The molecule has 8 heteroatoms. The molecule has 0 atom stereocenters. The highest BCUT2D eigenvalue weighted by Crippen LogP contribution is 2.23. The second-order valence-electron chi connectivity index (χ2n) is 6.69. The maximum atomic E-state index is 12.7. The number of hydrogen-bond acceptors (Lipinski definition) is 4. The van der Waals surface area contributed by atoms with Crippen molar-refractivity contribution in [1.29, 1.82) is 0 Å². The van der Waals surface area contributed by atoms with Crippen LogP contribution < -0.4 is 16.6 Å². The predicted octanol–water partition coefficient (Wildman–Crippen LogP) is 2.32. The van der Waals surface area contributed by atoms with Gasteiger partial charge in [-0.2, -0.15) is 4.98 Å². The standard InChI is InChI=1S/C17H24ClN5O2/c1-11(18)9-10-23-13-14(21(2)17(25)22(3)15(13)24)20-16(23)19-12-7-5-4-6-8-12/h9,12H,4-8,10H2,1-3H3,(H,19,20)/b11-9+. The molecule has 1 N–H and O–H groups in total. The summed E-state index contributed by atoms with van der Waals surface area (Å²) in [5.41, 5.74) is 0.0856. The van der Waals surface area contributed by atoms with Crippen molar-refractivity contribution in [2.24, 2.45) is 14.1 Å². The first-order valence-electron chi connectivity index (χ1n) is 8.65. The van der Waals surface area contributed by atoms with Gasteiger partial charge in [-0.15, -0.1) is 0 Å². The Kier molecular flexibility index (Phi) is 5.03. The molecule has 7 nitrogen and oxygen atoms in total. The van der Waals surface area contributed by atoms with Crippen LogP contribution in [0.3, 0.4) is 0 Å². The van der Waals surface area contributed by atoms with Crippen LogP contribution in [0.1, 0.15) is 39.0 Å². The minimum Gasteiger partial charge on any atom is -0.353 e. The number of fused-ring (bicyclic) bond motifs is 1. The molecule has 2 aromatic heterocycles. The summed E-state index contributed by atoms with van der Waals surface area (Å²) in [6.45, 7) is 2.22. The molecule has 0 bridgehead atoms. The minimum atomic E-state index is -0.379. The summed E-state index contributed by atoms with van der Waals surface area (Å²) in [6, 6.07) is 0.339. The number of imidazole rings is 1. The highest BCUT2D eigenvalue weighted by atomic mass is 35.5. The van der Waals surface area contributed by atoms with Crippen molar-refractivity contribution in [2.75, 3.05) is 5.32 Å². The first-order chi connectivity index (χ1) is 11.9. The Bertz CT molecular complexity index is 927. The van der Waals surface area contributed by atoms with Crippen LogP contribution in [0.4, 0.5) is 5.95 Å². The summed E-state index contributed by atoms with van der Waals surface area (Å²) in [5, 5.41) is 4.12. The number of nitrogens with one attached hydrogen (secondary N) is 1. The SMILES string of the molecule is C/C(Cl)=C\Cn1c(NC2CCCCC2)nc2c1c(=O)n(C)c(=O)n2C. The smallest absolute Gasteiger partial charge is 0.332 e. The van der Waals surface area contributed by atoms with Crippen LogP contribution in [0.25, 0.3) is 11.2 Å². The molecule has 25 heavy (non-hydrogen) atoms. The van der Waals surface area contributed by atoms with Crippen molar-refractivity contribution in [2.45, 2.75) is 51.6 Å². The average Bonchev–Trinajstić information content (AvgIpc) is 2.95. The highest BCUT2D eigenvalue weighted by molar-refractivity contribution is 6.29. The number of hydrogen-bond donors (Lipinski definition) is 1. The van der Waals surface area contributed by atoms with Crippen LogP contribution in [0, 0.1) is 0 Å². The van der Waals surface area contributed by atoms with E-state index in [0.29, 0.717) is 34.7 Å². The molecule has 1 fully saturated rings. The fourth-order valence-electron chi connectivity index (χ4n) is 3.38. The van der Waals surface area contributed by atoms with E-state index in [0.717, 1.165) is 17.4 Å². The molecule has 0 aliphatic heterocycles. The lowest BCUT2D eigenvalue weighted by Gasteiger charge is -2.23. The number of rotatable bonds is 4. The van der Waals surface area contributed by atoms with Crippen molar-refractivity contribution in [3.63, 3.8) is 0 Å². The van der Waals surface area contributed by atoms with Gasteiger partial charge in [0.25, 0.3) is 5.56 Å². The molecular weight excluding hydrogens is 342 g/mol. The zero-order chi connectivity index (χ0) is 18.1. The molecule has 3 rings (SSSR count). The molecule has 0 saturated heterocycles. The van der Waals surface area contributed by atoms with Crippen molar-refractivity contribution in [3.05, 3.63) is 31.9 Å². The average molecular weight is 366 g/mol. The quantitative estimate of drug-likeness (QED) is 0.902. The summed E-state index contributed by atoms with van der Waals surface area (Å²) in [5.74, 6) is 0.620. The van der Waals surface area contributed by atoms with Gasteiger partial charge in [-0.25, -0.2) is 4.79 Å². The van der Waals surface area contributed by atoms with Gasteiger partial charge in [0.05, 0.1) is 0 Å². The molecule has 0 amide bonds. The van der Waals surface area contributed by atoms with Crippen molar-refractivity contribution < 1.29 is 0 Å². The maximum absolute atomic E-state index is 12.7. The maximum Gasteiger partial charge on any atom is 0.332 e. The molecule has 2 aromatic rings. The lowest BCUT2D eigenvalue weighted by atomic mass is 9.96. The third-order valence-electron chi connectivity index (χ3n) is 4.84. The molecule has 1 aliphatic rings. The second kappa shape index (κ2) is 7.07. The lowest BCUT2D eigenvalue weighted by molar-refractivity contribution is 0.459. The van der Waals surface area contributed by atoms with Gasteiger partial charge in [0.1, 0.15) is 0 Å². The van der Waals surface area contributed by atoms with Crippen LogP contribution in [-0.4, -0.2) is 24.7 Å². The molecule has 0 spiro atoms. The van der Waals surface area contributed by atoms with Gasteiger partial charge in [0.2, 0.25) is 5.95 Å². The van der Waals surface area contributed by atoms with E-state index in [-0.39, 0.29) is 11.2 Å². The zero-order valence-corrected chi connectivity index (χ0v) is 15.6. The van der Waals surface area contributed by atoms with E-state index in [1.165, 1.54) is 30.9 Å². The zero-order valence-electron chi connectivity index (χ0n) is 14.9. The Balaban J connectivity index is 2.17. The van der Waals surface area contributed by atoms with Crippen molar-refractivity contribution in [1.82, 2.24) is 18.7 Å². The number of allylic oxidation sites excluding steroid dienone is 2. The van der Waals surface area contributed by atoms with E-state index >= 15 is 0 Å². The Morgan fingerprint density at radius 1 is 1.24 bits per heavy atom. The van der Waals surface area contributed by atoms with Gasteiger partial charge < -0.3 is 9.88 Å². The third kappa shape index (κ3) is 3.38.